The van der Waals surface area contributed by atoms with Crippen LogP contribution < -0.4 is 0 Å². The van der Waals surface area contributed by atoms with E-state index in [4.69, 9.17) is 24.4 Å². The molecule has 0 saturated carbocycles. The van der Waals surface area contributed by atoms with Crippen molar-refractivity contribution in [2.75, 3.05) is 0 Å². The molecule has 1 spiro atoms. The summed E-state index contributed by atoms with van der Waals surface area (Å²) in [6.45, 7) is 11.5. The maximum atomic E-state index is 13.0. The first-order valence-corrected chi connectivity index (χ1v) is 16.8. The predicted octanol–water partition coefficient (Wildman–Crippen LogP) is 6.38. The number of carbonyl (C=O) groups is 4. The Morgan fingerprint density at radius 1 is 0.896 bits per heavy atom. The van der Waals surface area contributed by atoms with Gasteiger partial charge in [-0.25, -0.2) is 9.59 Å². The highest BCUT2D eigenvalue weighted by molar-refractivity contribution is 5.81. The third kappa shape index (κ3) is 13.5. The van der Waals surface area contributed by atoms with E-state index in [0.717, 1.165) is 30.6 Å². The number of carbonyl (C=O) groups excluding carboxylic acids is 1. The highest BCUT2D eigenvalue weighted by Crippen LogP contribution is 2.48. The molecular formula is C37H54O11. The number of hydrogen-bond acceptors (Lipinski definition) is 8. The Morgan fingerprint density at radius 2 is 1.60 bits per heavy atom. The Bertz CT molecular complexity index is 1280. The van der Waals surface area contributed by atoms with E-state index in [0.29, 0.717) is 43.6 Å². The number of rotatable bonds is 17. The highest BCUT2D eigenvalue weighted by atomic mass is 16.7. The SMILES string of the molecule is CC(/C=C/[C@H](O)[C@@H](C)/C=C/C(=O)O)=C\C[C@H]1O[C@]2(CC[C@@H]1C)CC[C@@](CCC(C)C)(OC(=O)CCC(=O)O)[C@H](/C=C/C(C)=C/C(=O)O)O2. The van der Waals surface area contributed by atoms with Gasteiger partial charge in [0.15, 0.2) is 5.79 Å². The van der Waals surface area contributed by atoms with Crippen molar-refractivity contribution in [3.8, 4) is 0 Å². The minimum absolute atomic E-state index is 0.191. The van der Waals surface area contributed by atoms with Crippen LogP contribution in [-0.4, -0.2) is 74.0 Å². The smallest absolute Gasteiger partial charge is 0.328 e. The van der Waals surface area contributed by atoms with Crippen molar-refractivity contribution in [3.63, 3.8) is 0 Å². The van der Waals surface area contributed by atoms with E-state index < -0.39 is 47.5 Å². The van der Waals surface area contributed by atoms with Crippen molar-refractivity contribution in [2.24, 2.45) is 17.8 Å². The Balaban J connectivity index is 2.34. The van der Waals surface area contributed by atoms with Crippen molar-refractivity contribution in [2.45, 2.75) is 129 Å². The quantitative estimate of drug-likeness (QED) is 0.0765. The van der Waals surface area contributed by atoms with Gasteiger partial charge in [-0.15, -0.1) is 0 Å². The molecule has 11 heteroatoms. The summed E-state index contributed by atoms with van der Waals surface area (Å²) in [6, 6.07) is 0. The lowest BCUT2D eigenvalue weighted by Gasteiger charge is -2.53. The van der Waals surface area contributed by atoms with Crippen LogP contribution in [0.2, 0.25) is 0 Å². The van der Waals surface area contributed by atoms with Gasteiger partial charge in [0, 0.05) is 30.9 Å². The molecule has 0 aromatic rings. The molecule has 48 heavy (non-hydrogen) atoms. The molecule has 0 aromatic carbocycles. The van der Waals surface area contributed by atoms with Crippen molar-refractivity contribution in [1.29, 1.82) is 0 Å². The summed E-state index contributed by atoms with van der Waals surface area (Å²) >= 11 is 0. The molecule has 2 rings (SSSR count). The van der Waals surface area contributed by atoms with Gasteiger partial charge in [0.2, 0.25) is 0 Å². The number of ether oxygens (including phenoxy) is 3. The van der Waals surface area contributed by atoms with Gasteiger partial charge >= 0.3 is 23.9 Å². The van der Waals surface area contributed by atoms with Crippen molar-refractivity contribution >= 4 is 23.9 Å². The fourth-order valence-electron chi connectivity index (χ4n) is 5.86. The Labute approximate surface area is 284 Å². The minimum atomic E-state index is -1.10. The molecule has 0 bridgehead atoms. The summed E-state index contributed by atoms with van der Waals surface area (Å²) in [5, 5.41) is 37.6. The molecule has 268 valence electrons. The first kappa shape index (κ1) is 40.6. The topological polar surface area (TPSA) is 177 Å². The zero-order chi connectivity index (χ0) is 36.1. The summed E-state index contributed by atoms with van der Waals surface area (Å²) in [4.78, 5) is 46.2. The van der Waals surface area contributed by atoms with E-state index in [1.807, 2.05) is 13.0 Å². The maximum absolute atomic E-state index is 13.0. The lowest BCUT2D eigenvalue weighted by atomic mass is 9.77. The van der Waals surface area contributed by atoms with Crippen LogP contribution in [0, 0.1) is 17.8 Å². The summed E-state index contributed by atoms with van der Waals surface area (Å²) < 4.78 is 19.6. The molecule has 0 aliphatic carbocycles. The van der Waals surface area contributed by atoms with Crippen LogP contribution in [0.15, 0.2) is 59.8 Å². The van der Waals surface area contributed by atoms with Crippen LogP contribution in [0.5, 0.6) is 0 Å². The molecule has 0 amide bonds. The van der Waals surface area contributed by atoms with Gasteiger partial charge < -0.3 is 34.6 Å². The van der Waals surface area contributed by atoms with Crippen LogP contribution in [0.25, 0.3) is 0 Å². The van der Waals surface area contributed by atoms with Crippen molar-refractivity contribution in [1.82, 2.24) is 0 Å². The molecular weight excluding hydrogens is 620 g/mol. The Morgan fingerprint density at radius 3 is 2.23 bits per heavy atom. The second-order valence-electron chi connectivity index (χ2n) is 13.7. The summed E-state index contributed by atoms with van der Waals surface area (Å²) in [7, 11) is 0. The third-order valence-corrected chi connectivity index (χ3v) is 8.97. The van der Waals surface area contributed by atoms with E-state index >= 15 is 0 Å². The summed E-state index contributed by atoms with van der Waals surface area (Å²) in [6.07, 6.45) is 14.0. The minimum Gasteiger partial charge on any atom is -0.481 e. The molecule has 2 heterocycles. The molecule has 7 atom stereocenters. The lowest BCUT2D eigenvalue weighted by Crippen LogP contribution is -2.59. The van der Waals surface area contributed by atoms with Gasteiger partial charge in [0.05, 0.1) is 25.0 Å². The molecule has 0 unspecified atom stereocenters. The van der Waals surface area contributed by atoms with E-state index in [-0.39, 0.29) is 30.8 Å². The molecule has 2 aliphatic heterocycles. The third-order valence-electron chi connectivity index (χ3n) is 8.97. The van der Waals surface area contributed by atoms with Crippen molar-refractivity contribution < 1.29 is 53.8 Å². The average molecular weight is 675 g/mol. The Kier molecular flexibility index (Phi) is 16.0. The standard InChI is InChI=1S/C37H54O11/c1-24(2)17-19-36(48-35(45)16-15-33(41)42)21-22-37(47-31(36)13-9-26(4)23-34(43)44)20-18-28(6)30(46-37)12-8-25(3)7-11-29(38)27(5)10-14-32(39)40/h7-11,13-14,23-24,27-31,38H,12,15-22H2,1-6H3,(H,39,40)(H,41,42)(H,43,44)/b11-7+,13-9+,14-10+,25-8+,26-23+/t27-,28-,29-,30+,31-,36+,37-/m0/s1. The molecule has 2 saturated heterocycles. The number of carboxylic acid groups (broad SMARTS) is 3. The maximum Gasteiger partial charge on any atom is 0.328 e. The van der Waals surface area contributed by atoms with Crippen LogP contribution >= 0.6 is 0 Å². The van der Waals surface area contributed by atoms with Crippen LogP contribution in [0.3, 0.4) is 0 Å². The predicted molar refractivity (Wildman–Crippen MR) is 180 cm³/mol. The van der Waals surface area contributed by atoms with Crippen LogP contribution in [0.1, 0.15) is 99.3 Å². The van der Waals surface area contributed by atoms with Crippen LogP contribution in [0.4, 0.5) is 0 Å². The number of carboxylic acids is 3. The number of esters is 1. The average Bonchev–Trinajstić information content (AvgIpc) is 3.01. The first-order valence-electron chi connectivity index (χ1n) is 16.8. The van der Waals surface area contributed by atoms with E-state index in [1.165, 1.54) is 6.08 Å². The molecule has 0 radical (unpaired) electrons. The monoisotopic (exact) mass is 674 g/mol. The first-order chi connectivity index (χ1) is 22.5. The van der Waals surface area contributed by atoms with E-state index in [2.05, 4.69) is 20.8 Å². The number of aliphatic carboxylic acids is 3. The number of allylic oxidation sites excluding steroid dienone is 4. The lowest BCUT2D eigenvalue weighted by molar-refractivity contribution is -0.345. The normalized spacial score (nSPS) is 28.4. The summed E-state index contributed by atoms with van der Waals surface area (Å²) in [5.74, 6) is -4.71. The number of aliphatic hydroxyl groups is 1. The van der Waals surface area contributed by atoms with Gasteiger partial charge in [-0.05, 0) is 63.4 Å². The van der Waals surface area contributed by atoms with Gasteiger partial charge in [-0.2, -0.15) is 0 Å². The summed E-state index contributed by atoms with van der Waals surface area (Å²) in [5.41, 5.74) is 0.292. The largest absolute Gasteiger partial charge is 0.481 e. The van der Waals surface area contributed by atoms with Gasteiger partial charge in [0.1, 0.15) is 11.7 Å². The zero-order valence-corrected chi connectivity index (χ0v) is 29.1. The van der Waals surface area contributed by atoms with E-state index in [9.17, 15) is 29.4 Å². The van der Waals surface area contributed by atoms with Crippen molar-refractivity contribution in [3.05, 3.63) is 59.8 Å². The van der Waals surface area contributed by atoms with Gasteiger partial charge in [-0.1, -0.05) is 69.7 Å². The van der Waals surface area contributed by atoms with E-state index in [1.54, 1.807) is 38.2 Å². The second-order valence-corrected chi connectivity index (χ2v) is 13.7. The zero-order valence-electron chi connectivity index (χ0n) is 29.1. The van der Waals surface area contributed by atoms with Gasteiger partial charge in [0.25, 0.3) is 0 Å². The molecule has 11 nitrogen and oxygen atoms in total. The number of hydrogen-bond donors (Lipinski definition) is 4. The molecule has 2 aliphatic rings. The fourth-order valence-corrected chi connectivity index (χ4v) is 5.86. The molecule has 0 aromatic heterocycles. The van der Waals surface area contributed by atoms with Gasteiger partial charge in [-0.3, -0.25) is 9.59 Å². The fraction of sp³-hybridized carbons (Fsp3) is 0.622. The molecule has 2 fully saturated rings. The second kappa shape index (κ2) is 18.9. The molecule has 4 N–H and O–H groups in total. The highest BCUT2D eigenvalue weighted by Gasteiger charge is 2.54. The van der Waals surface area contributed by atoms with Crippen LogP contribution in [-0.2, 0) is 33.4 Å². The Hall–Kier alpha value is -3.54. The number of aliphatic hydroxyl groups excluding tert-OH is 1.